The van der Waals surface area contributed by atoms with Gasteiger partial charge in [-0.2, -0.15) is 0 Å². The molecule has 1 atom stereocenters. The quantitative estimate of drug-likeness (QED) is 0.684. The molecule has 1 amide bonds. The van der Waals surface area contributed by atoms with Crippen LogP contribution in [0, 0.1) is 5.92 Å². The number of carboxylic acids is 1. The summed E-state index contributed by atoms with van der Waals surface area (Å²) in [6.07, 6.45) is 3.80. The SMILES string of the molecule is COc1c(N2CCC(CNC(=O)OC(C)(C)C)C2)ccc2c(=O)c(C(=O)O)cn(C3CC3)c12. The van der Waals surface area contributed by atoms with Crippen LogP contribution in [-0.2, 0) is 4.74 Å². The molecule has 4 rings (SSSR count). The Morgan fingerprint density at radius 3 is 2.55 bits per heavy atom. The van der Waals surface area contributed by atoms with E-state index in [9.17, 15) is 19.5 Å². The van der Waals surface area contributed by atoms with Gasteiger partial charge in [-0.1, -0.05) is 0 Å². The number of amides is 1. The molecule has 1 unspecified atom stereocenters. The van der Waals surface area contributed by atoms with E-state index in [0.717, 1.165) is 38.0 Å². The fourth-order valence-electron chi connectivity index (χ4n) is 4.41. The van der Waals surface area contributed by atoms with Gasteiger partial charge in [-0.15, -0.1) is 0 Å². The topological polar surface area (TPSA) is 110 Å². The van der Waals surface area contributed by atoms with Crippen LogP contribution in [0.1, 0.15) is 56.4 Å². The zero-order chi connectivity index (χ0) is 23.9. The number of carbonyl (C=O) groups excluding carboxylic acids is 1. The molecule has 0 radical (unpaired) electrons. The predicted octanol–water partition coefficient (Wildman–Crippen LogP) is 3.39. The molecule has 33 heavy (non-hydrogen) atoms. The Balaban J connectivity index is 1.61. The second-order valence-corrected chi connectivity index (χ2v) is 9.81. The number of carboxylic acid groups (broad SMARTS) is 1. The van der Waals surface area contributed by atoms with Crippen LogP contribution in [0.25, 0.3) is 10.9 Å². The number of ether oxygens (including phenoxy) is 2. The largest absolute Gasteiger partial charge is 0.492 e. The predicted molar refractivity (Wildman–Crippen MR) is 125 cm³/mol. The second-order valence-electron chi connectivity index (χ2n) is 9.81. The van der Waals surface area contributed by atoms with E-state index >= 15 is 0 Å². The van der Waals surface area contributed by atoms with E-state index in [2.05, 4.69) is 10.2 Å². The van der Waals surface area contributed by atoms with Crippen molar-refractivity contribution in [3.63, 3.8) is 0 Å². The van der Waals surface area contributed by atoms with Gasteiger partial charge < -0.3 is 29.4 Å². The number of aromatic carboxylic acids is 1. The molecular weight excluding hydrogens is 426 g/mol. The summed E-state index contributed by atoms with van der Waals surface area (Å²) in [5.41, 5.74) is 0.241. The van der Waals surface area contributed by atoms with Crippen LogP contribution in [0.3, 0.4) is 0 Å². The number of hydrogen-bond acceptors (Lipinski definition) is 6. The monoisotopic (exact) mass is 457 g/mol. The Labute approximate surface area is 192 Å². The van der Waals surface area contributed by atoms with Gasteiger partial charge in [-0.05, 0) is 58.1 Å². The summed E-state index contributed by atoms with van der Waals surface area (Å²) in [5.74, 6) is -0.397. The van der Waals surface area contributed by atoms with Crippen molar-refractivity contribution < 1.29 is 24.2 Å². The lowest BCUT2D eigenvalue weighted by molar-refractivity contribution is 0.0520. The van der Waals surface area contributed by atoms with Crippen LogP contribution in [-0.4, -0.2) is 54.1 Å². The molecule has 2 aromatic rings. The van der Waals surface area contributed by atoms with E-state index in [-0.39, 0.29) is 17.5 Å². The number of rotatable bonds is 6. The van der Waals surface area contributed by atoms with Gasteiger partial charge in [0.15, 0.2) is 5.75 Å². The molecule has 1 aliphatic carbocycles. The first-order chi connectivity index (χ1) is 15.6. The van der Waals surface area contributed by atoms with Crippen LogP contribution in [0.4, 0.5) is 10.5 Å². The first-order valence-electron chi connectivity index (χ1n) is 11.3. The van der Waals surface area contributed by atoms with Crippen LogP contribution >= 0.6 is 0 Å². The van der Waals surface area contributed by atoms with Gasteiger partial charge in [0, 0.05) is 31.9 Å². The maximum Gasteiger partial charge on any atom is 0.407 e. The number of methoxy groups -OCH3 is 1. The van der Waals surface area contributed by atoms with Crippen LogP contribution in [0.5, 0.6) is 5.75 Å². The molecule has 178 valence electrons. The average Bonchev–Trinajstić information content (AvgIpc) is 3.47. The summed E-state index contributed by atoms with van der Waals surface area (Å²) < 4.78 is 13.0. The van der Waals surface area contributed by atoms with Gasteiger partial charge in [0.1, 0.15) is 11.2 Å². The maximum absolute atomic E-state index is 12.9. The third kappa shape index (κ3) is 4.77. The summed E-state index contributed by atoms with van der Waals surface area (Å²) in [6, 6.07) is 3.70. The maximum atomic E-state index is 12.9. The van der Waals surface area contributed by atoms with Gasteiger partial charge in [0.05, 0.1) is 23.7 Å². The number of nitrogens with one attached hydrogen (secondary N) is 1. The normalized spacial score (nSPS) is 18.4. The molecule has 1 aromatic heterocycles. The minimum absolute atomic E-state index is 0.166. The van der Waals surface area contributed by atoms with Crippen molar-refractivity contribution in [3.05, 3.63) is 34.1 Å². The van der Waals surface area contributed by atoms with Gasteiger partial charge in [0.2, 0.25) is 5.43 Å². The molecule has 2 N–H and O–H groups in total. The van der Waals surface area contributed by atoms with Crippen LogP contribution in [0.15, 0.2) is 23.1 Å². The van der Waals surface area contributed by atoms with Gasteiger partial charge in [-0.25, -0.2) is 9.59 Å². The second kappa shape index (κ2) is 8.61. The third-order valence-electron chi connectivity index (χ3n) is 6.06. The smallest absolute Gasteiger partial charge is 0.407 e. The van der Waals surface area contributed by atoms with Crippen molar-refractivity contribution in [2.24, 2.45) is 5.92 Å². The van der Waals surface area contributed by atoms with Crippen molar-refractivity contribution in [1.82, 2.24) is 9.88 Å². The molecule has 1 aliphatic heterocycles. The number of aromatic nitrogens is 1. The van der Waals surface area contributed by atoms with Gasteiger partial charge in [-0.3, -0.25) is 4.79 Å². The molecule has 9 heteroatoms. The van der Waals surface area contributed by atoms with E-state index in [1.165, 1.54) is 6.20 Å². The molecule has 9 nitrogen and oxygen atoms in total. The zero-order valence-electron chi connectivity index (χ0n) is 19.5. The van der Waals surface area contributed by atoms with Crippen molar-refractivity contribution in [1.29, 1.82) is 0 Å². The van der Waals surface area contributed by atoms with E-state index < -0.39 is 23.1 Å². The molecule has 2 heterocycles. The summed E-state index contributed by atoms with van der Waals surface area (Å²) >= 11 is 0. The van der Waals surface area contributed by atoms with Crippen molar-refractivity contribution in [3.8, 4) is 5.75 Å². The number of benzene rings is 1. The number of nitrogens with zero attached hydrogens (tertiary/aromatic N) is 2. The highest BCUT2D eigenvalue weighted by Gasteiger charge is 2.31. The number of pyridine rings is 1. The minimum Gasteiger partial charge on any atom is -0.492 e. The summed E-state index contributed by atoms with van der Waals surface area (Å²) in [6.45, 7) is 7.50. The highest BCUT2D eigenvalue weighted by molar-refractivity contribution is 5.97. The number of anilines is 1. The molecule has 1 aromatic carbocycles. The van der Waals surface area contributed by atoms with E-state index in [1.807, 2.05) is 31.4 Å². The minimum atomic E-state index is -1.22. The van der Waals surface area contributed by atoms with E-state index in [1.54, 1.807) is 13.2 Å². The van der Waals surface area contributed by atoms with E-state index in [4.69, 9.17) is 9.47 Å². The lowest BCUT2D eigenvalue weighted by Crippen LogP contribution is -2.36. The van der Waals surface area contributed by atoms with Gasteiger partial charge in [0.25, 0.3) is 0 Å². The zero-order valence-corrected chi connectivity index (χ0v) is 19.5. The Morgan fingerprint density at radius 1 is 1.21 bits per heavy atom. The summed E-state index contributed by atoms with van der Waals surface area (Å²) in [7, 11) is 1.57. The molecule has 0 bridgehead atoms. The standard InChI is InChI=1S/C24H31N3O6/c1-24(2,3)33-23(31)25-11-14-9-10-26(12-14)18-8-7-16-19(21(18)32-4)27(15-5-6-15)13-17(20(16)28)22(29)30/h7-8,13-15H,5-6,9-12H2,1-4H3,(H,25,31)(H,29,30). The van der Waals surface area contributed by atoms with Crippen LogP contribution < -0.4 is 20.4 Å². The number of hydrogen-bond donors (Lipinski definition) is 2. The molecular formula is C24H31N3O6. The lowest BCUT2D eigenvalue weighted by atomic mass is 10.1. The Hall–Kier alpha value is -3.23. The molecule has 2 aliphatic rings. The molecule has 1 saturated carbocycles. The highest BCUT2D eigenvalue weighted by Crippen LogP contribution is 2.43. The van der Waals surface area contributed by atoms with E-state index in [0.29, 0.717) is 23.2 Å². The molecule has 2 fully saturated rings. The Kier molecular flexibility index (Phi) is 5.99. The number of fused-ring (bicyclic) bond motifs is 1. The van der Waals surface area contributed by atoms with Crippen molar-refractivity contribution in [2.75, 3.05) is 31.6 Å². The Bertz CT molecular complexity index is 1150. The van der Waals surface area contributed by atoms with Gasteiger partial charge >= 0.3 is 12.1 Å². The highest BCUT2D eigenvalue weighted by atomic mass is 16.6. The fraction of sp³-hybridized carbons (Fsp3) is 0.542. The average molecular weight is 458 g/mol. The summed E-state index contributed by atoms with van der Waals surface area (Å²) in [5, 5.41) is 12.7. The Morgan fingerprint density at radius 2 is 1.94 bits per heavy atom. The molecule has 0 spiro atoms. The molecule has 1 saturated heterocycles. The summed E-state index contributed by atoms with van der Waals surface area (Å²) in [4.78, 5) is 38.6. The third-order valence-corrected chi connectivity index (χ3v) is 6.06. The van der Waals surface area contributed by atoms with Crippen molar-refractivity contribution >= 4 is 28.7 Å². The fourth-order valence-corrected chi connectivity index (χ4v) is 4.41. The lowest BCUT2D eigenvalue weighted by Gasteiger charge is -2.24. The first kappa shape index (κ1) is 22.9. The van der Waals surface area contributed by atoms with Crippen LogP contribution in [0.2, 0.25) is 0 Å². The number of carbonyl (C=O) groups is 2. The number of alkyl carbamates (subject to hydrolysis) is 1. The van der Waals surface area contributed by atoms with Crippen molar-refractivity contribution in [2.45, 2.75) is 51.7 Å². The first-order valence-corrected chi connectivity index (χ1v) is 11.3.